The number of nitrogens with one attached hydrogen (secondary N) is 1. The van der Waals surface area contributed by atoms with E-state index >= 15 is 0 Å². The minimum Gasteiger partial charge on any atom is -0.375 e. The van der Waals surface area contributed by atoms with Crippen molar-refractivity contribution in [2.24, 2.45) is 5.92 Å². The molecule has 1 N–H and O–H groups in total. The van der Waals surface area contributed by atoms with Gasteiger partial charge in [0.2, 0.25) is 0 Å². The Morgan fingerprint density at radius 2 is 2.06 bits per heavy atom. The van der Waals surface area contributed by atoms with Crippen molar-refractivity contribution in [3.05, 3.63) is 0 Å². The lowest BCUT2D eigenvalue weighted by Gasteiger charge is -2.29. The van der Waals surface area contributed by atoms with Crippen molar-refractivity contribution < 1.29 is 4.74 Å². The van der Waals surface area contributed by atoms with Crippen LogP contribution in [0.3, 0.4) is 0 Å². The molecule has 2 aliphatic rings. The summed E-state index contributed by atoms with van der Waals surface area (Å²) in [4.78, 5) is 0. The van der Waals surface area contributed by atoms with E-state index in [2.05, 4.69) is 19.2 Å². The molecule has 2 rings (SSSR count). The maximum absolute atomic E-state index is 6.16. The molecule has 2 heteroatoms. The summed E-state index contributed by atoms with van der Waals surface area (Å²) in [5, 5.41) is 3.57. The van der Waals surface area contributed by atoms with E-state index in [1.54, 1.807) is 0 Å². The number of rotatable bonds is 7. The van der Waals surface area contributed by atoms with E-state index in [-0.39, 0.29) is 0 Å². The molecule has 3 unspecified atom stereocenters. The van der Waals surface area contributed by atoms with Crippen LogP contribution >= 0.6 is 0 Å². The number of hydrogen-bond acceptors (Lipinski definition) is 2. The number of hydrogen-bond donors (Lipinski definition) is 1. The van der Waals surface area contributed by atoms with Gasteiger partial charge >= 0.3 is 0 Å². The van der Waals surface area contributed by atoms with Crippen molar-refractivity contribution in [3.8, 4) is 0 Å². The molecule has 100 valence electrons. The zero-order chi connectivity index (χ0) is 12.1. The Bertz CT molecular complexity index is 215. The fourth-order valence-electron chi connectivity index (χ4n) is 2.88. The lowest BCUT2D eigenvalue weighted by atomic mass is 9.88. The highest BCUT2D eigenvalue weighted by Crippen LogP contribution is 2.27. The van der Waals surface area contributed by atoms with E-state index in [9.17, 15) is 0 Å². The van der Waals surface area contributed by atoms with Crippen LogP contribution in [0.2, 0.25) is 0 Å². The van der Waals surface area contributed by atoms with Crippen molar-refractivity contribution in [2.45, 2.75) is 83.5 Å². The third kappa shape index (κ3) is 5.39. The summed E-state index contributed by atoms with van der Waals surface area (Å²) in [5.74, 6) is 0.873. The van der Waals surface area contributed by atoms with Crippen LogP contribution in [0, 0.1) is 5.92 Å². The third-order valence-corrected chi connectivity index (χ3v) is 4.11. The van der Waals surface area contributed by atoms with Gasteiger partial charge in [0.25, 0.3) is 0 Å². The maximum Gasteiger partial charge on any atom is 0.0581 e. The standard InChI is InChI=1S/C15H29NO/c1-12-5-3-7-15(11-12)17-13(2)6-4-10-16-14-8-9-14/h12-16H,3-11H2,1-2H3. The first-order valence-electron chi connectivity index (χ1n) is 7.63. The molecule has 0 radical (unpaired) electrons. The van der Waals surface area contributed by atoms with Crippen molar-refractivity contribution in [1.82, 2.24) is 5.32 Å². The molecule has 0 aliphatic heterocycles. The molecule has 17 heavy (non-hydrogen) atoms. The lowest BCUT2D eigenvalue weighted by Crippen LogP contribution is -2.26. The smallest absolute Gasteiger partial charge is 0.0581 e. The zero-order valence-electron chi connectivity index (χ0n) is 11.6. The van der Waals surface area contributed by atoms with Crippen LogP contribution in [0.25, 0.3) is 0 Å². The maximum atomic E-state index is 6.16. The summed E-state index contributed by atoms with van der Waals surface area (Å²) in [6, 6.07) is 0.852. The molecule has 2 fully saturated rings. The predicted octanol–water partition coefficient (Wildman–Crippen LogP) is 3.50. The Balaban J connectivity index is 1.51. The summed E-state index contributed by atoms with van der Waals surface area (Å²) in [5.41, 5.74) is 0. The van der Waals surface area contributed by atoms with E-state index in [1.807, 2.05) is 0 Å². The SMILES string of the molecule is CC1CCCC(OC(C)CCCNC2CC2)C1. The van der Waals surface area contributed by atoms with Gasteiger partial charge in [0.1, 0.15) is 0 Å². The second-order valence-corrected chi connectivity index (χ2v) is 6.21. The van der Waals surface area contributed by atoms with Crippen LogP contribution in [0.4, 0.5) is 0 Å². The molecule has 0 aromatic heterocycles. The molecule has 3 atom stereocenters. The van der Waals surface area contributed by atoms with Gasteiger partial charge in [-0.2, -0.15) is 0 Å². The fourth-order valence-corrected chi connectivity index (χ4v) is 2.88. The Labute approximate surface area is 107 Å². The van der Waals surface area contributed by atoms with Crippen molar-refractivity contribution in [3.63, 3.8) is 0 Å². The van der Waals surface area contributed by atoms with Crippen LogP contribution in [0.5, 0.6) is 0 Å². The highest BCUT2D eigenvalue weighted by Gasteiger charge is 2.22. The van der Waals surface area contributed by atoms with E-state index in [1.165, 1.54) is 57.9 Å². The Hall–Kier alpha value is -0.0800. The second kappa shape index (κ2) is 6.75. The largest absolute Gasteiger partial charge is 0.375 e. The Morgan fingerprint density at radius 1 is 1.24 bits per heavy atom. The molecule has 0 saturated heterocycles. The average molecular weight is 239 g/mol. The monoisotopic (exact) mass is 239 g/mol. The van der Waals surface area contributed by atoms with Gasteiger partial charge in [0.05, 0.1) is 12.2 Å². The molecular weight excluding hydrogens is 210 g/mol. The van der Waals surface area contributed by atoms with Crippen LogP contribution < -0.4 is 5.32 Å². The molecule has 2 nitrogen and oxygen atoms in total. The van der Waals surface area contributed by atoms with Crippen LogP contribution in [0.15, 0.2) is 0 Å². The molecule has 2 aliphatic carbocycles. The van der Waals surface area contributed by atoms with Gasteiger partial charge in [-0.05, 0) is 57.9 Å². The van der Waals surface area contributed by atoms with Gasteiger partial charge in [-0.25, -0.2) is 0 Å². The first-order chi connectivity index (χ1) is 8.24. The molecule has 2 saturated carbocycles. The first-order valence-corrected chi connectivity index (χ1v) is 7.63. The first kappa shape index (κ1) is 13.4. The van der Waals surface area contributed by atoms with Gasteiger partial charge < -0.3 is 10.1 Å². The Kier molecular flexibility index (Phi) is 5.30. The highest BCUT2D eigenvalue weighted by atomic mass is 16.5. The van der Waals surface area contributed by atoms with Crippen LogP contribution in [0.1, 0.15) is 65.2 Å². The predicted molar refractivity (Wildman–Crippen MR) is 72.2 cm³/mol. The molecule has 0 aromatic carbocycles. The Morgan fingerprint density at radius 3 is 2.76 bits per heavy atom. The molecule has 0 aromatic rings. The van der Waals surface area contributed by atoms with Gasteiger partial charge in [0, 0.05) is 6.04 Å². The number of ether oxygens (including phenoxy) is 1. The minimum absolute atomic E-state index is 0.450. The van der Waals surface area contributed by atoms with E-state index in [0.29, 0.717) is 12.2 Å². The van der Waals surface area contributed by atoms with Crippen molar-refractivity contribution in [2.75, 3.05) is 6.54 Å². The second-order valence-electron chi connectivity index (χ2n) is 6.21. The molecular formula is C15H29NO. The molecule has 0 spiro atoms. The average Bonchev–Trinajstić information content (AvgIpc) is 3.08. The van der Waals surface area contributed by atoms with Crippen molar-refractivity contribution >= 4 is 0 Å². The minimum atomic E-state index is 0.450. The van der Waals surface area contributed by atoms with Crippen molar-refractivity contribution in [1.29, 1.82) is 0 Å². The normalized spacial score (nSPS) is 31.4. The highest BCUT2D eigenvalue weighted by molar-refractivity contribution is 4.80. The molecule has 0 amide bonds. The summed E-state index contributed by atoms with van der Waals surface area (Å²) >= 11 is 0. The topological polar surface area (TPSA) is 21.3 Å². The van der Waals surface area contributed by atoms with Crippen LogP contribution in [-0.4, -0.2) is 24.8 Å². The van der Waals surface area contributed by atoms with Gasteiger partial charge in [0.15, 0.2) is 0 Å². The summed E-state index contributed by atoms with van der Waals surface area (Å²) in [6.45, 7) is 5.79. The zero-order valence-corrected chi connectivity index (χ0v) is 11.6. The van der Waals surface area contributed by atoms with E-state index in [4.69, 9.17) is 4.74 Å². The summed E-state index contributed by atoms with van der Waals surface area (Å²) < 4.78 is 6.16. The van der Waals surface area contributed by atoms with E-state index in [0.717, 1.165) is 12.0 Å². The molecule has 0 bridgehead atoms. The molecule has 0 heterocycles. The quantitative estimate of drug-likeness (QED) is 0.687. The summed E-state index contributed by atoms with van der Waals surface area (Å²) in [6.07, 6.45) is 11.6. The fraction of sp³-hybridized carbons (Fsp3) is 1.00. The van der Waals surface area contributed by atoms with Gasteiger partial charge in [-0.15, -0.1) is 0 Å². The third-order valence-electron chi connectivity index (χ3n) is 4.11. The van der Waals surface area contributed by atoms with Gasteiger partial charge in [-0.3, -0.25) is 0 Å². The lowest BCUT2D eigenvalue weighted by molar-refractivity contribution is -0.0339. The van der Waals surface area contributed by atoms with Crippen LogP contribution in [-0.2, 0) is 4.74 Å². The van der Waals surface area contributed by atoms with Gasteiger partial charge in [-0.1, -0.05) is 19.8 Å². The summed E-state index contributed by atoms with van der Waals surface area (Å²) in [7, 11) is 0. The van der Waals surface area contributed by atoms with E-state index < -0.39 is 0 Å².